The number of aromatic nitrogens is 2. The zero-order chi connectivity index (χ0) is 18.5. The Morgan fingerprint density at radius 2 is 2.12 bits per heavy atom. The predicted octanol–water partition coefficient (Wildman–Crippen LogP) is 3.72. The molecule has 3 aromatic rings. The van der Waals surface area contributed by atoms with Crippen LogP contribution in [0, 0.1) is 18.3 Å². The van der Waals surface area contributed by atoms with Crippen molar-refractivity contribution >= 4 is 17.2 Å². The first kappa shape index (κ1) is 17.9. The normalized spacial score (nSPS) is 10.6. The van der Waals surface area contributed by atoms with Crippen LogP contribution in [0.4, 0.5) is 0 Å². The first-order chi connectivity index (χ1) is 12.6. The highest BCUT2D eigenvalue weighted by molar-refractivity contribution is 7.10. The lowest BCUT2D eigenvalue weighted by molar-refractivity contribution is 0.0999. The number of carbonyl (C=O) groups excluding carboxylic acids is 1. The highest BCUT2D eigenvalue weighted by Crippen LogP contribution is 2.28. The van der Waals surface area contributed by atoms with Crippen molar-refractivity contribution < 1.29 is 4.79 Å². The molecule has 26 heavy (non-hydrogen) atoms. The van der Waals surface area contributed by atoms with Crippen LogP contribution in [0.15, 0.2) is 41.8 Å². The van der Waals surface area contributed by atoms with Crippen LogP contribution in [-0.2, 0) is 19.4 Å². The Morgan fingerprint density at radius 1 is 1.35 bits per heavy atom. The SMILES string of the molecule is Cc1c(C(N)=O)cc(-c2csc(CC#N)n2)n1CCCc1ccccc1. The lowest BCUT2D eigenvalue weighted by Crippen LogP contribution is -2.12. The summed E-state index contributed by atoms with van der Waals surface area (Å²) in [5, 5.41) is 11.6. The number of thiazole rings is 1. The van der Waals surface area contributed by atoms with Crippen molar-refractivity contribution in [1.82, 2.24) is 9.55 Å². The van der Waals surface area contributed by atoms with E-state index in [2.05, 4.69) is 27.8 Å². The topological polar surface area (TPSA) is 84.7 Å². The molecule has 0 aliphatic rings. The number of amides is 1. The monoisotopic (exact) mass is 364 g/mol. The van der Waals surface area contributed by atoms with Crippen LogP contribution in [0.1, 0.15) is 33.0 Å². The van der Waals surface area contributed by atoms with E-state index in [1.165, 1.54) is 16.9 Å². The van der Waals surface area contributed by atoms with Gasteiger partial charge in [-0.3, -0.25) is 4.79 Å². The quantitative estimate of drug-likeness (QED) is 0.693. The number of aryl methyl sites for hydroxylation is 1. The summed E-state index contributed by atoms with van der Waals surface area (Å²) in [5.41, 5.74) is 9.87. The van der Waals surface area contributed by atoms with Gasteiger partial charge >= 0.3 is 0 Å². The average molecular weight is 364 g/mol. The number of nitrogens with two attached hydrogens (primary N) is 1. The Labute approximate surface area is 156 Å². The molecule has 0 radical (unpaired) electrons. The van der Waals surface area contributed by atoms with Crippen LogP contribution in [0.5, 0.6) is 0 Å². The van der Waals surface area contributed by atoms with Crippen LogP contribution in [0.2, 0.25) is 0 Å². The zero-order valence-corrected chi connectivity index (χ0v) is 15.4. The van der Waals surface area contributed by atoms with Crippen molar-refractivity contribution in [1.29, 1.82) is 5.26 Å². The summed E-state index contributed by atoms with van der Waals surface area (Å²) in [7, 11) is 0. The predicted molar refractivity (Wildman–Crippen MR) is 103 cm³/mol. The molecule has 0 atom stereocenters. The van der Waals surface area contributed by atoms with E-state index in [1.54, 1.807) is 0 Å². The van der Waals surface area contributed by atoms with Gasteiger partial charge in [0.1, 0.15) is 5.01 Å². The highest BCUT2D eigenvalue weighted by atomic mass is 32.1. The van der Waals surface area contributed by atoms with E-state index in [1.807, 2.05) is 36.6 Å². The van der Waals surface area contributed by atoms with Crippen molar-refractivity contribution in [2.24, 2.45) is 5.73 Å². The Kier molecular flexibility index (Phi) is 5.49. The molecule has 0 aliphatic heterocycles. The smallest absolute Gasteiger partial charge is 0.250 e. The van der Waals surface area contributed by atoms with Crippen LogP contribution in [-0.4, -0.2) is 15.5 Å². The summed E-state index contributed by atoms with van der Waals surface area (Å²) < 4.78 is 2.11. The van der Waals surface area contributed by atoms with Gasteiger partial charge < -0.3 is 10.3 Å². The van der Waals surface area contributed by atoms with Gasteiger partial charge in [-0.1, -0.05) is 30.3 Å². The number of benzene rings is 1. The van der Waals surface area contributed by atoms with Crippen LogP contribution >= 0.6 is 11.3 Å². The number of nitriles is 1. The van der Waals surface area contributed by atoms with Gasteiger partial charge in [0.05, 0.1) is 29.4 Å². The first-order valence-corrected chi connectivity index (χ1v) is 9.33. The summed E-state index contributed by atoms with van der Waals surface area (Å²) in [4.78, 5) is 16.3. The second kappa shape index (κ2) is 7.98. The number of rotatable bonds is 7. The molecular formula is C20H20N4OS. The maximum absolute atomic E-state index is 11.8. The van der Waals surface area contributed by atoms with E-state index in [0.29, 0.717) is 12.0 Å². The van der Waals surface area contributed by atoms with Crippen molar-refractivity contribution in [3.05, 3.63) is 63.6 Å². The molecule has 0 unspecified atom stereocenters. The van der Waals surface area contributed by atoms with E-state index >= 15 is 0 Å². The van der Waals surface area contributed by atoms with Gasteiger partial charge in [0.2, 0.25) is 0 Å². The van der Waals surface area contributed by atoms with E-state index in [4.69, 9.17) is 11.0 Å². The van der Waals surface area contributed by atoms with Gasteiger partial charge in [0.25, 0.3) is 5.91 Å². The number of carbonyl (C=O) groups is 1. The third kappa shape index (κ3) is 3.84. The van der Waals surface area contributed by atoms with E-state index in [0.717, 1.165) is 41.5 Å². The van der Waals surface area contributed by atoms with Gasteiger partial charge in [-0.15, -0.1) is 11.3 Å². The average Bonchev–Trinajstić information content (AvgIpc) is 3.21. The number of hydrogen-bond acceptors (Lipinski definition) is 4. The lowest BCUT2D eigenvalue weighted by Gasteiger charge is -2.11. The van der Waals surface area contributed by atoms with Crippen molar-refractivity contribution in [3.63, 3.8) is 0 Å². The van der Waals surface area contributed by atoms with Crippen molar-refractivity contribution in [3.8, 4) is 17.5 Å². The molecule has 1 aromatic carbocycles. The van der Waals surface area contributed by atoms with Crippen LogP contribution < -0.4 is 5.73 Å². The Hall–Kier alpha value is -2.91. The molecule has 2 N–H and O–H groups in total. The van der Waals surface area contributed by atoms with Gasteiger partial charge in [0, 0.05) is 17.6 Å². The number of hydrogen-bond donors (Lipinski definition) is 1. The van der Waals surface area contributed by atoms with Crippen molar-refractivity contribution in [2.75, 3.05) is 0 Å². The maximum atomic E-state index is 11.8. The van der Waals surface area contributed by atoms with Gasteiger partial charge in [-0.05, 0) is 31.4 Å². The third-order valence-electron chi connectivity index (χ3n) is 4.37. The Balaban J connectivity index is 1.86. The first-order valence-electron chi connectivity index (χ1n) is 8.45. The van der Waals surface area contributed by atoms with Crippen LogP contribution in [0.25, 0.3) is 11.4 Å². The molecule has 5 nitrogen and oxygen atoms in total. The Morgan fingerprint density at radius 3 is 2.81 bits per heavy atom. The zero-order valence-electron chi connectivity index (χ0n) is 14.6. The molecular weight excluding hydrogens is 344 g/mol. The Bertz CT molecular complexity index is 950. The van der Waals surface area contributed by atoms with Gasteiger partial charge in [-0.2, -0.15) is 5.26 Å². The number of primary amides is 1. The minimum atomic E-state index is -0.432. The largest absolute Gasteiger partial charge is 0.366 e. The molecule has 3 rings (SSSR count). The summed E-state index contributed by atoms with van der Waals surface area (Å²) in [6.07, 6.45) is 2.20. The molecule has 0 spiro atoms. The fourth-order valence-corrected chi connectivity index (χ4v) is 3.78. The summed E-state index contributed by atoms with van der Waals surface area (Å²) in [6.45, 7) is 2.68. The van der Waals surface area contributed by atoms with Gasteiger partial charge in [0.15, 0.2) is 0 Å². The fourth-order valence-electron chi connectivity index (χ4n) is 3.06. The molecule has 2 heterocycles. The second-order valence-corrected chi connectivity index (χ2v) is 7.04. The summed E-state index contributed by atoms with van der Waals surface area (Å²) >= 11 is 1.46. The molecule has 0 bridgehead atoms. The molecule has 2 aromatic heterocycles. The number of nitrogens with zero attached hydrogens (tertiary/aromatic N) is 3. The minimum Gasteiger partial charge on any atom is -0.366 e. The minimum absolute atomic E-state index is 0.293. The molecule has 1 amide bonds. The molecule has 6 heteroatoms. The fraction of sp³-hybridized carbons (Fsp3) is 0.250. The molecule has 0 saturated carbocycles. The molecule has 0 saturated heterocycles. The summed E-state index contributed by atoms with van der Waals surface area (Å²) in [6, 6.07) is 14.3. The highest BCUT2D eigenvalue weighted by Gasteiger charge is 2.18. The van der Waals surface area contributed by atoms with Gasteiger partial charge in [-0.25, -0.2) is 4.98 Å². The van der Waals surface area contributed by atoms with E-state index in [9.17, 15) is 4.79 Å². The second-order valence-electron chi connectivity index (χ2n) is 6.10. The van der Waals surface area contributed by atoms with Crippen molar-refractivity contribution in [2.45, 2.75) is 32.7 Å². The van der Waals surface area contributed by atoms with E-state index < -0.39 is 5.91 Å². The van der Waals surface area contributed by atoms with Crippen LogP contribution in [0.3, 0.4) is 0 Å². The summed E-state index contributed by atoms with van der Waals surface area (Å²) in [5.74, 6) is -0.432. The molecule has 132 valence electrons. The standard InChI is InChI=1S/C20H20N4OS/c1-14-16(20(22)25)12-18(17-13-26-19(23-17)9-10-21)24(14)11-5-8-15-6-3-2-4-7-15/h2-4,6-7,12-13H,5,8-9,11H2,1H3,(H2,22,25). The maximum Gasteiger partial charge on any atom is 0.250 e. The molecule has 0 fully saturated rings. The van der Waals surface area contributed by atoms with E-state index in [-0.39, 0.29) is 0 Å². The molecule has 0 aliphatic carbocycles. The lowest BCUT2D eigenvalue weighted by atomic mass is 10.1. The third-order valence-corrected chi connectivity index (χ3v) is 5.22.